The monoisotopic (exact) mass is 385 g/mol. The number of nitrogens with one attached hydrogen (secondary N) is 1. The molecule has 0 saturated heterocycles. The second-order valence-electron chi connectivity index (χ2n) is 8.23. The Balaban J connectivity index is 1.48. The Morgan fingerprint density at radius 2 is 1.36 bits per heavy atom. The van der Waals surface area contributed by atoms with Gasteiger partial charge in [-0.25, -0.2) is 4.79 Å². The van der Waals surface area contributed by atoms with Crippen LogP contribution in [0.2, 0.25) is 0 Å². The van der Waals surface area contributed by atoms with Crippen LogP contribution >= 0.6 is 0 Å². The topological polar surface area (TPSA) is 53.1 Å². The van der Waals surface area contributed by atoms with E-state index in [1.807, 2.05) is 12.3 Å². The largest absolute Gasteiger partial charge is 0.478 e. The van der Waals surface area contributed by atoms with Gasteiger partial charge in [0.15, 0.2) is 0 Å². The van der Waals surface area contributed by atoms with E-state index in [1.165, 1.54) is 101 Å². The van der Waals surface area contributed by atoms with Gasteiger partial charge in [0.1, 0.15) is 0 Å². The van der Waals surface area contributed by atoms with Crippen molar-refractivity contribution in [2.45, 2.75) is 103 Å². The van der Waals surface area contributed by atoms with Gasteiger partial charge in [-0.2, -0.15) is 0 Å². The standard InChI is InChI=1S/C25H39NO2/c1-2-3-4-5-6-7-8-9-10-11-12-13-14-15-16-22-20-26-24-19-21(25(27)28)17-18-23(22)24/h17-20,26H,2-16H2,1H3,(H,27,28). The first-order chi connectivity index (χ1) is 13.7. The summed E-state index contributed by atoms with van der Waals surface area (Å²) in [4.78, 5) is 14.3. The van der Waals surface area contributed by atoms with E-state index in [4.69, 9.17) is 5.11 Å². The zero-order valence-corrected chi connectivity index (χ0v) is 17.8. The van der Waals surface area contributed by atoms with Gasteiger partial charge in [0, 0.05) is 17.1 Å². The molecule has 0 saturated carbocycles. The summed E-state index contributed by atoms with van der Waals surface area (Å²) in [5.41, 5.74) is 2.59. The minimum absolute atomic E-state index is 0.345. The SMILES string of the molecule is CCCCCCCCCCCCCCCCc1c[nH]c2cc(C(=O)O)ccc12. The Morgan fingerprint density at radius 3 is 1.89 bits per heavy atom. The normalized spacial score (nSPS) is 11.3. The van der Waals surface area contributed by atoms with E-state index in [-0.39, 0.29) is 0 Å². The molecule has 156 valence electrons. The van der Waals surface area contributed by atoms with E-state index in [1.54, 1.807) is 12.1 Å². The van der Waals surface area contributed by atoms with Gasteiger partial charge < -0.3 is 10.1 Å². The van der Waals surface area contributed by atoms with Gasteiger partial charge in [-0.1, -0.05) is 96.5 Å². The van der Waals surface area contributed by atoms with Crippen LogP contribution in [-0.4, -0.2) is 16.1 Å². The molecule has 0 aliphatic carbocycles. The number of aryl methyl sites for hydroxylation is 1. The van der Waals surface area contributed by atoms with Crippen molar-refractivity contribution >= 4 is 16.9 Å². The third-order valence-corrected chi connectivity index (χ3v) is 5.81. The molecule has 3 nitrogen and oxygen atoms in total. The van der Waals surface area contributed by atoms with Gasteiger partial charge in [0.05, 0.1) is 5.56 Å². The Hall–Kier alpha value is -1.77. The number of aromatic nitrogens is 1. The number of benzene rings is 1. The van der Waals surface area contributed by atoms with Gasteiger partial charge in [-0.05, 0) is 30.5 Å². The third-order valence-electron chi connectivity index (χ3n) is 5.81. The number of hydrogen-bond donors (Lipinski definition) is 2. The maximum Gasteiger partial charge on any atom is 0.335 e. The fourth-order valence-electron chi connectivity index (χ4n) is 4.04. The summed E-state index contributed by atoms with van der Waals surface area (Å²) in [7, 11) is 0. The van der Waals surface area contributed by atoms with Crippen LogP contribution in [0.25, 0.3) is 10.9 Å². The Morgan fingerprint density at radius 1 is 0.821 bits per heavy atom. The number of unbranched alkanes of at least 4 members (excludes halogenated alkanes) is 13. The molecule has 0 aliphatic heterocycles. The minimum atomic E-state index is -0.870. The summed E-state index contributed by atoms with van der Waals surface area (Å²) in [6.45, 7) is 2.28. The highest BCUT2D eigenvalue weighted by Crippen LogP contribution is 2.22. The number of rotatable bonds is 16. The van der Waals surface area contributed by atoms with Crippen molar-refractivity contribution in [2.75, 3.05) is 0 Å². The number of hydrogen-bond acceptors (Lipinski definition) is 1. The Kier molecular flexibility index (Phi) is 10.8. The van der Waals surface area contributed by atoms with Crippen molar-refractivity contribution in [1.29, 1.82) is 0 Å². The van der Waals surface area contributed by atoms with Gasteiger partial charge in [0.25, 0.3) is 0 Å². The molecule has 1 aromatic heterocycles. The van der Waals surface area contributed by atoms with Crippen LogP contribution < -0.4 is 0 Å². The zero-order valence-electron chi connectivity index (χ0n) is 17.8. The second-order valence-corrected chi connectivity index (χ2v) is 8.23. The summed E-state index contributed by atoms with van der Waals surface area (Å²) in [5.74, 6) is -0.870. The van der Waals surface area contributed by atoms with Crippen LogP contribution in [0.3, 0.4) is 0 Å². The van der Waals surface area contributed by atoms with E-state index < -0.39 is 5.97 Å². The minimum Gasteiger partial charge on any atom is -0.478 e. The average Bonchev–Trinajstić information content (AvgIpc) is 3.10. The number of carbonyl (C=O) groups is 1. The van der Waals surface area contributed by atoms with Crippen molar-refractivity contribution < 1.29 is 9.90 Å². The summed E-state index contributed by atoms with van der Waals surface area (Å²) >= 11 is 0. The van der Waals surface area contributed by atoms with E-state index in [0.717, 1.165) is 11.9 Å². The lowest BCUT2D eigenvalue weighted by Gasteiger charge is -2.03. The number of aromatic carboxylic acids is 1. The van der Waals surface area contributed by atoms with E-state index >= 15 is 0 Å². The molecule has 0 amide bonds. The highest BCUT2D eigenvalue weighted by molar-refractivity contribution is 5.94. The van der Waals surface area contributed by atoms with Crippen LogP contribution in [0.5, 0.6) is 0 Å². The molecule has 0 spiro atoms. The molecule has 2 N–H and O–H groups in total. The van der Waals surface area contributed by atoms with Crippen LogP contribution in [-0.2, 0) is 6.42 Å². The molecule has 0 radical (unpaired) electrons. The van der Waals surface area contributed by atoms with Crippen LogP contribution in [0, 0.1) is 0 Å². The summed E-state index contributed by atoms with van der Waals surface area (Å²) in [6.07, 6.45) is 22.4. The molecule has 0 atom stereocenters. The lowest BCUT2D eigenvalue weighted by Crippen LogP contribution is -1.95. The first kappa shape index (κ1) is 22.5. The summed E-state index contributed by atoms with van der Waals surface area (Å²) < 4.78 is 0. The van der Waals surface area contributed by atoms with E-state index in [2.05, 4.69) is 11.9 Å². The molecule has 0 aliphatic rings. The zero-order chi connectivity index (χ0) is 20.0. The molecule has 0 fully saturated rings. The first-order valence-corrected chi connectivity index (χ1v) is 11.6. The first-order valence-electron chi connectivity index (χ1n) is 11.6. The molecule has 1 heterocycles. The predicted octanol–water partition coefficient (Wildman–Crippen LogP) is 7.89. The van der Waals surface area contributed by atoms with Gasteiger partial charge in [-0.15, -0.1) is 0 Å². The molecule has 3 heteroatoms. The van der Waals surface area contributed by atoms with E-state index in [0.29, 0.717) is 5.56 Å². The van der Waals surface area contributed by atoms with Gasteiger partial charge in [0.2, 0.25) is 0 Å². The summed E-state index contributed by atoms with van der Waals surface area (Å²) in [6, 6.07) is 5.37. The smallest absolute Gasteiger partial charge is 0.335 e. The van der Waals surface area contributed by atoms with Crippen molar-refractivity contribution in [3.63, 3.8) is 0 Å². The predicted molar refractivity (Wildman–Crippen MR) is 119 cm³/mol. The summed E-state index contributed by atoms with van der Waals surface area (Å²) in [5, 5.41) is 10.2. The van der Waals surface area contributed by atoms with Crippen molar-refractivity contribution in [2.24, 2.45) is 0 Å². The Bertz CT molecular complexity index is 689. The highest BCUT2D eigenvalue weighted by Gasteiger charge is 2.07. The fraction of sp³-hybridized carbons (Fsp3) is 0.640. The fourth-order valence-corrected chi connectivity index (χ4v) is 4.04. The quantitative estimate of drug-likeness (QED) is 0.289. The molecule has 2 aromatic rings. The number of fused-ring (bicyclic) bond motifs is 1. The molecule has 2 rings (SSSR count). The lowest BCUT2D eigenvalue weighted by molar-refractivity contribution is 0.0697. The van der Waals surface area contributed by atoms with E-state index in [9.17, 15) is 4.79 Å². The van der Waals surface area contributed by atoms with Crippen LogP contribution in [0.1, 0.15) is 113 Å². The maximum atomic E-state index is 11.1. The Labute approximate surface area is 170 Å². The molecular weight excluding hydrogens is 346 g/mol. The lowest BCUT2D eigenvalue weighted by atomic mass is 10.0. The van der Waals surface area contributed by atoms with Crippen molar-refractivity contribution in [1.82, 2.24) is 4.98 Å². The third kappa shape index (κ3) is 8.08. The van der Waals surface area contributed by atoms with Gasteiger partial charge >= 0.3 is 5.97 Å². The van der Waals surface area contributed by atoms with Crippen LogP contribution in [0.4, 0.5) is 0 Å². The number of H-pyrrole nitrogens is 1. The number of carboxylic acid groups (broad SMARTS) is 1. The highest BCUT2D eigenvalue weighted by atomic mass is 16.4. The molecule has 28 heavy (non-hydrogen) atoms. The van der Waals surface area contributed by atoms with Crippen LogP contribution in [0.15, 0.2) is 24.4 Å². The number of aromatic amines is 1. The molecule has 1 aromatic carbocycles. The van der Waals surface area contributed by atoms with Crippen molar-refractivity contribution in [3.05, 3.63) is 35.5 Å². The second kappa shape index (κ2) is 13.4. The average molecular weight is 386 g/mol. The molecular formula is C25H39NO2. The van der Waals surface area contributed by atoms with Gasteiger partial charge in [-0.3, -0.25) is 0 Å². The molecule has 0 bridgehead atoms. The van der Waals surface area contributed by atoms with Crippen molar-refractivity contribution in [3.8, 4) is 0 Å². The number of carboxylic acids is 1. The maximum absolute atomic E-state index is 11.1. The molecule has 0 unspecified atom stereocenters.